The summed E-state index contributed by atoms with van der Waals surface area (Å²) in [6, 6.07) is 7.18. The SMILES string of the molecule is CCNC(=NCC(C)(C)c1cccc(F)c1)NC1C2CCOC2C1(C)C. The van der Waals surface area contributed by atoms with Gasteiger partial charge in [0.1, 0.15) is 5.82 Å². The van der Waals surface area contributed by atoms with Crippen molar-refractivity contribution in [3.63, 3.8) is 0 Å². The number of halogens is 1. The van der Waals surface area contributed by atoms with Crippen LogP contribution in [-0.2, 0) is 10.2 Å². The molecule has 1 saturated heterocycles. The molecule has 0 spiro atoms. The lowest BCUT2D eigenvalue weighted by atomic mass is 9.57. The van der Waals surface area contributed by atoms with Gasteiger partial charge in [-0.3, -0.25) is 4.99 Å². The van der Waals surface area contributed by atoms with E-state index < -0.39 is 0 Å². The fraction of sp³-hybridized carbons (Fsp3) is 0.667. The summed E-state index contributed by atoms with van der Waals surface area (Å²) in [5.74, 6) is 1.19. The van der Waals surface area contributed by atoms with Crippen LogP contribution in [0, 0.1) is 17.2 Å². The molecule has 3 unspecified atom stereocenters. The van der Waals surface area contributed by atoms with Crippen molar-refractivity contribution in [1.29, 1.82) is 0 Å². The first-order valence-corrected chi connectivity index (χ1v) is 9.68. The number of fused-ring (bicyclic) bond motifs is 1. The Hall–Kier alpha value is -1.62. The molecule has 4 nitrogen and oxygen atoms in total. The number of rotatable bonds is 5. The molecule has 0 aromatic heterocycles. The fourth-order valence-corrected chi connectivity index (χ4v) is 4.36. The second-order valence-electron chi connectivity index (χ2n) is 8.78. The Morgan fingerprint density at radius 3 is 2.85 bits per heavy atom. The lowest BCUT2D eigenvalue weighted by Crippen LogP contribution is -2.68. The van der Waals surface area contributed by atoms with Gasteiger partial charge in [-0.25, -0.2) is 4.39 Å². The zero-order valence-corrected chi connectivity index (χ0v) is 16.6. The van der Waals surface area contributed by atoms with Gasteiger partial charge in [-0.05, 0) is 31.0 Å². The fourth-order valence-electron chi connectivity index (χ4n) is 4.36. The second-order valence-corrected chi connectivity index (χ2v) is 8.78. The van der Waals surface area contributed by atoms with E-state index in [2.05, 4.69) is 45.3 Å². The number of nitrogens with one attached hydrogen (secondary N) is 2. The van der Waals surface area contributed by atoms with E-state index in [0.717, 1.165) is 31.1 Å². The molecule has 1 aliphatic heterocycles. The van der Waals surface area contributed by atoms with Crippen molar-refractivity contribution in [2.24, 2.45) is 16.3 Å². The van der Waals surface area contributed by atoms with E-state index >= 15 is 0 Å². The zero-order chi connectivity index (χ0) is 18.9. The summed E-state index contributed by atoms with van der Waals surface area (Å²) >= 11 is 0. The summed E-state index contributed by atoms with van der Waals surface area (Å²) < 4.78 is 19.5. The molecule has 26 heavy (non-hydrogen) atoms. The van der Waals surface area contributed by atoms with Crippen molar-refractivity contribution < 1.29 is 9.13 Å². The van der Waals surface area contributed by atoms with Crippen molar-refractivity contribution in [3.05, 3.63) is 35.6 Å². The molecule has 0 amide bonds. The zero-order valence-electron chi connectivity index (χ0n) is 16.6. The Morgan fingerprint density at radius 2 is 2.15 bits per heavy atom. The molecule has 1 aromatic rings. The third-order valence-corrected chi connectivity index (χ3v) is 5.98. The van der Waals surface area contributed by atoms with Crippen LogP contribution in [-0.4, -0.2) is 37.8 Å². The van der Waals surface area contributed by atoms with Crippen LogP contribution in [0.1, 0.15) is 46.6 Å². The lowest BCUT2D eigenvalue weighted by Gasteiger charge is -2.55. The minimum atomic E-state index is -0.238. The van der Waals surface area contributed by atoms with E-state index in [4.69, 9.17) is 9.73 Å². The van der Waals surface area contributed by atoms with Gasteiger partial charge in [-0.2, -0.15) is 0 Å². The van der Waals surface area contributed by atoms with E-state index in [9.17, 15) is 4.39 Å². The highest BCUT2D eigenvalue weighted by Crippen LogP contribution is 2.52. The largest absolute Gasteiger partial charge is 0.377 e. The summed E-state index contributed by atoms with van der Waals surface area (Å²) in [5.41, 5.74) is 0.832. The molecule has 144 valence electrons. The normalized spacial score (nSPS) is 27.6. The van der Waals surface area contributed by atoms with Gasteiger partial charge in [0.05, 0.1) is 12.6 Å². The number of benzene rings is 1. The van der Waals surface area contributed by atoms with Crippen LogP contribution in [0.4, 0.5) is 4.39 Å². The molecular weight excluding hydrogens is 329 g/mol. The Morgan fingerprint density at radius 1 is 1.38 bits per heavy atom. The minimum Gasteiger partial charge on any atom is -0.377 e. The molecule has 2 N–H and O–H groups in total. The molecule has 3 rings (SSSR count). The predicted molar refractivity (Wildman–Crippen MR) is 104 cm³/mol. The predicted octanol–water partition coefficient (Wildman–Crippen LogP) is 3.47. The third-order valence-electron chi connectivity index (χ3n) is 5.98. The first-order chi connectivity index (χ1) is 12.3. The molecule has 5 heteroatoms. The van der Waals surface area contributed by atoms with E-state index in [-0.39, 0.29) is 16.6 Å². The van der Waals surface area contributed by atoms with Gasteiger partial charge in [0.2, 0.25) is 0 Å². The number of hydrogen-bond donors (Lipinski definition) is 2. The highest BCUT2D eigenvalue weighted by molar-refractivity contribution is 5.80. The molecule has 2 fully saturated rings. The monoisotopic (exact) mass is 361 g/mol. The maximum Gasteiger partial charge on any atom is 0.191 e. The topological polar surface area (TPSA) is 45.7 Å². The van der Waals surface area contributed by atoms with Gasteiger partial charge >= 0.3 is 0 Å². The van der Waals surface area contributed by atoms with E-state index in [0.29, 0.717) is 24.6 Å². The van der Waals surface area contributed by atoms with Gasteiger partial charge < -0.3 is 15.4 Å². The molecule has 1 aromatic carbocycles. The number of aliphatic imine (C=N–C) groups is 1. The highest BCUT2D eigenvalue weighted by atomic mass is 19.1. The Bertz CT molecular complexity index is 671. The van der Waals surface area contributed by atoms with Gasteiger partial charge in [0.15, 0.2) is 5.96 Å². The molecule has 2 aliphatic rings. The quantitative estimate of drug-likeness (QED) is 0.623. The van der Waals surface area contributed by atoms with E-state index in [1.807, 2.05) is 6.07 Å². The maximum absolute atomic E-state index is 13.6. The van der Waals surface area contributed by atoms with Gasteiger partial charge in [-0.1, -0.05) is 39.8 Å². The molecular formula is C21H32FN3O. The average molecular weight is 362 g/mol. The summed E-state index contributed by atoms with van der Waals surface area (Å²) in [6.07, 6.45) is 1.46. The van der Waals surface area contributed by atoms with E-state index in [1.54, 1.807) is 12.1 Å². The van der Waals surface area contributed by atoms with Crippen LogP contribution >= 0.6 is 0 Å². The molecule has 1 saturated carbocycles. The first-order valence-electron chi connectivity index (χ1n) is 9.68. The standard InChI is InChI=1S/C21H32FN3O/c1-6-23-19(25-17-16-10-11-26-18(16)21(17,4)5)24-13-20(2,3)14-8-7-9-15(22)12-14/h7-9,12,16-18H,6,10-11,13H2,1-5H3,(H2,23,24,25). The Labute approximate surface area is 156 Å². The maximum atomic E-state index is 13.6. The molecule has 3 atom stereocenters. The molecule has 0 bridgehead atoms. The van der Waals surface area contributed by atoms with Crippen molar-refractivity contribution in [2.45, 2.75) is 58.6 Å². The number of guanidine groups is 1. The van der Waals surface area contributed by atoms with Gasteiger partial charge in [0.25, 0.3) is 0 Å². The number of hydrogen-bond acceptors (Lipinski definition) is 2. The molecule has 0 radical (unpaired) electrons. The minimum absolute atomic E-state index is 0.107. The van der Waals surface area contributed by atoms with Crippen LogP contribution in [0.5, 0.6) is 0 Å². The second kappa shape index (κ2) is 7.18. The Kier molecular flexibility index (Phi) is 5.29. The first kappa shape index (κ1) is 19.2. The van der Waals surface area contributed by atoms with Crippen LogP contribution in [0.2, 0.25) is 0 Å². The van der Waals surface area contributed by atoms with Crippen LogP contribution in [0.3, 0.4) is 0 Å². The van der Waals surface area contributed by atoms with Crippen LogP contribution in [0.25, 0.3) is 0 Å². The molecule has 1 aliphatic carbocycles. The third kappa shape index (κ3) is 3.59. The smallest absolute Gasteiger partial charge is 0.191 e. The van der Waals surface area contributed by atoms with Crippen molar-refractivity contribution >= 4 is 5.96 Å². The number of ether oxygens (including phenoxy) is 1. The summed E-state index contributed by atoms with van der Waals surface area (Å²) in [4.78, 5) is 4.82. The van der Waals surface area contributed by atoms with Gasteiger partial charge in [-0.15, -0.1) is 0 Å². The number of nitrogens with zero attached hydrogens (tertiary/aromatic N) is 1. The summed E-state index contributed by atoms with van der Waals surface area (Å²) in [5, 5.41) is 7.00. The van der Waals surface area contributed by atoms with Crippen molar-refractivity contribution in [1.82, 2.24) is 10.6 Å². The van der Waals surface area contributed by atoms with Crippen molar-refractivity contribution in [2.75, 3.05) is 19.7 Å². The van der Waals surface area contributed by atoms with Crippen molar-refractivity contribution in [3.8, 4) is 0 Å². The molecule has 1 heterocycles. The summed E-state index contributed by atoms with van der Waals surface area (Å²) in [6.45, 7) is 13.0. The Balaban J connectivity index is 1.71. The lowest BCUT2D eigenvalue weighted by molar-refractivity contribution is -0.106. The van der Waals surface area contributed by atoms with Crippen LogP contribution < -0.4 is 10.6 Å². The summed E-state index contributed by atoms with van der Waals surface area (Å²) in [7, 11) is 0. The van der Waals surface area contributed by atoms with Crippen LogP contribution in [0.15, 0.2) is 29.3 Å². The van der Waals surface area contributed by atoms with E-state index in [1.165, 1.54) is 6.07 Å². The van der Waals surface area contributed by atoms with Gasteiger partial charge in [0, 0.05) is 35.9 Å². The average Bonchev–Trinajstić information content (AvgIpc) is 3.04. The highest BCUT2D eigenvalue weighted by Gasteiger charge is 2.59.